The summed E-state index contributed by atoms with van der Waals surface area (Å²) < 4.78 is 28.0. The highest BCUT2D eigenvalue weighted by Crippen LogP contribution is 2.72. The summed E-state index contributed by atoms with van der Waals surface area (Å²) in [5, 5.41) is 22.0. The quantitative estimate of drug-likeness (QED) is 0.0151. The average molecular weight is 1370 g/mol. The number of unbranched alkanes of at least 4 members (excludes halogenated alkanes) is 2. The van der Waals surface area contributed by atoms with E-state index in [4.69, 9.17) is 25.3 Å². The van der Waals surface area contributed by atoms with Gasteiger partial charge in [0.2, 0.25) is 11.8 Å². The Labute approximate surface area is 566 Å². The molecule has 0 spiro atoms. The summed E-state index contributed by atoms with van der Waals surface area (Å²) in [4.78, 5) is 140. The van der Waals surface area contributed by atoms with E-state index >= 15 is 0 Å². The summed E-state index contributed by atoms with van der Waals surface area (Å²) in [6.45, 7) is 12.6. The van der Waals surface area contributed by atoms with E-state index in [1.807, 2.05) is 59.0 Å². The monoisotopic (exact) mass is 1370 g/mol. The summed E-state index contributed by atoms with van der Waals surface area (Å²) in [7, 11) is -4.57. The number of thiazole rings is 1. The highest BCUT2D eigenvalue weighted by Gasteiger charge is 2.66. The Morgan fingerprint density at radius 2 is 1.56 bits per heavy atom. The maximum Gasteiger partial charge on any atom is 0.410 e. The Balaban J connectivity index is 0.724. The second-order valence-corrected chi connectivity index (χ2v) is 30.9. The Bertz CT molecular complexity index is 4080. The number of imide groups is 1. The maximum atomic E-state index is 14.3. The number of pyridine rings is 1. The number of anilines is 3. The van der Waals surface area contributed by atoms with Gasteiger partial charge in [-0.3, -0.25) is 53.1 Å². The van der Waals surface area contributed by atoms with Gasteiger partial charge in [0.05, 0.1) is 34.8 Å². The molecule has 4 fully saturated rings. The molecule has 7 amide bonds. The van der Waals surface area contributed by atoms with Crippen molar-refractivity contribution < 1.29 is 67.3 Å². The fraction of sp³-hybridized carbons (Fsp3) is 0.471. The number of hydrogen-bond acceptors (Lipinski definition) is 16. The lowest BCUT2D eigenvalue weighted by molar-refractivity contribution is -0.248. The van der Waals surface area contributed by atoms with Gasteiger partial charge >= 0.3 is 19.7 Å². The Kier molecular flexibility index (Phi) is 20.1. The third kappa shape index (κ3) is 15.7. The molecular formula is C70H84N11O14PS. The van der Waals surface area contributed by atoms with Crippen LogP contribution in [0.25, 0.3) is 21.3 Å². The van der Waals surface area contributed by atoms with Gasteiger partial charge in [-0.1, -0.05) is 81.9 Å². The van der Waals surface area contributed by atoms with Crippen LogP contribution in [-0.4, -0.2) is 149 Å². The van der Waals surface area contributed by atoms with Crippen LogP contribution in [0.3, 0.4) is 0 Å². The molecule has 7 N–H and O–H groups in total. The fourth-order valence-corrected chi connectivity index (χ4v) is 17.7. The number of rotatable bonds is 28. The van der Waals surface area contributed by atoms with Crippen LogP contribution in [0.4, 0.5) is 21.4 Å². The molecule has 3 aromatic carbocycles. The summed E-state index contributed by atoms with van der Waals surface area (Å²) in [6, 6.07) is 21.1. The molecule has 2 aliphatic heterocycles. The third-order valence-electron chi connectivity index (χ3n) is 19.7. The van der Waals surface area contributed by atoms with Gasteiger partial charge in [-0.15, -0.1) is 0 Å². The number of ether oxygens (including phenoxy) is 2. The first kappa shape index (κ1) is 69.7. The summed E-state index contributed by atoms with van der Waals surface area (Å²) in [5.41, 5.74) is 10.4. The number of nitrogens with two attached hydrogens (primary N) is 1. The zero-order valence-corrected chi connectivity index (χ0v) is 57.2. The van der Waals surface area contributed by atoms with Gasteiger partial charge in [-0.05, 0) is 153 Å². The Hall–Kier alpha value is -8.68. The van der Waals surface area contributed by atoms with E-state index in [1.165, 1.54) is 40.2 Å². The topological polar surface area (TPSA) is 339 Å². The van der Waals surface area contributed by atoms with Crippen molar-refractivity contribution in [1.82, 2.24) is 34.9 Å². The number of fused-ring (bicyclic) bond motifs is 2. The van der Waals surface area contributed by atoms with E-state index in [1.54, 1.807) is 56.4 Å². The summed E-state index contributed by atoms with van der Waals surface area (Å²) in [5.74, 6) is -3.92. The largest absolute Gasteiger partial charge is 0.476 e. The van der Waals surface area contributed by atoms with E-state index in [-0.39, 0.29) is 84.6 Å². The number of hydrogen-bond donors (Lipinski definition) is 6. The third-order valence-corrected chi connectivity index (χ3v) is 21.4. The minimum atomic E-state index is -4.57. The molecule has 12 rings (SSSR count). The average Bonchev–Trinajstić information content (AvgIpc) is 0.788. The molecule has 4 aliphatic carbocycles. The van der Waals surface area contributed by atoms with Crippen LogP contribution in [0.2, 0.25) is 0 Å². The van der Waals surface area contributed by atoms with Gasteiger partial charge in [0.15, 0.2) is 10.8 Å². The van der Waals surface area contributed by atoms with Crippen molar-refractivity contribution in [3.05, 3.63) is 131 Å². The van der Waals surface area contributed by atoms with Gasteiger partial charge in [-0.2, -0.15) is 5.10 Å². The van der Waals surface area contributed by atoms with E-state index in [0.29, 0.717) is 84.9 Å². The number of amides is 7. The van der Waals surface area contributed by atoms with E-state index in [0.717, 1.165) is 64.0 Å². The molecule has 97 heavy (non-hydrogen) atoms. The predicted octanol–water partition coefficient (Wildman–Crippen LogP) is 9.16. The number of carbonyl (C=O) groups excluding carboxylic acids is 7. The predicted molar refractivity (Wildman–Crippen MR) is 363 cm³/mol. The van der Waals surface area contributed by atoms with Gasteiger partial charge in [0, 0.05) is 85.9 Å². The number of nitrogens with one attached hydrogen (secondary N) is 2. The number of aromatic nitrogens is 4. The number of aromatic carboxylic acids is 1. The van der Waals surface area contributed by atoms with E-state index in [9.17, 15) is 57.8 Å². The van der Waals surface area contributed by atoms with Gasteiger partial charge in [0.1, 0.15) is 24.5 Å². The molecule has 6 aromatic rings. The van der Waals surface area contributed by atoms with Gasteiger partial charge in [-0.25, -0.2) is 19.6 Å². The van der Waals surface area contributed by atoms with Crippen molar-refractivity contribution >= 4 is 93.3 Å². The normalized spacial score (nSPS) is 21.6. The molecule has 25 nitrogen and oxygen atoms in total. The van der Waals surface area contributed by atoms with Crippen molar-refractivity contribution in [3.8, 4) is 11.1 Å². The van der Waals surface area contributed by atoms with E-state index < -0.39 is 67.1 Å². The molecule has 0 radical (unpaired) electrons. The maximum absolute atomic E-state index is 14.3. The van der Waals surface area contributed by atoms with E-state index in [2.05, 4.69) is 29.5 Å². The SMILES string of the molecule is Cc1c(-c2ccc(N3CCc4cccc(C(=O)Nc5nc6ccccc6s5)c4C3)nc2C(=O)O)cnn1CC12CC3(C)CC(C)(C1)CC(OCCN(CCP(=O)(O)O)C(=O)OCc1ccc(N(C(=O)[C@@H](NC(=O)CCCCCN4C(=O)C=CC4=O)C(C)C)[C@@H](C)C(N)=O)cc1)(C3)C2. The van der Waals surface area contributed by atoms with Crippen molar-refractivity contribution in [2.24, 2.45) is 27.9 Å². The van der Waals surface area contributed by atoms with Crippen LogP contribution in [0, 0.1) is 29.1 Å². The van der Waals surface area contributed by atoms with Crippen LogP contribution >= 0.6 is 18.9 Å². The zero-order chi connectivity index (χ0) is 69.4. The molecular weight excluding hydrogens is 1280 g/mol. The minimum absolute atomic E-state index is 0.0357. The minimum Gasteiger partial charge on any atom is -0.476 e. The van der Waals surface area contributed by atoms with Crippen LogP contribution in [0.15, 0.2) is 97.2 Å². The lowest BCUT2D eigenvalue weighted by atomic mass is 9.39. The molecule has 514 valence electrons. The van der Waals surface area contributed by atoms with Crippen molar-refractivity contribution in [2.45, 2.75) is 150 Å². The molecule has 5 heterocycles. The standard InChI is InChI=1S/C70H84N11O14PS/c1-43(2)59(75-56(82)17-8-7-11-27-79-57(83)24-25-58(79)84)63(87)81(45(4)61(71)85)48-20-18-46(19-21-48)35-94-66(90)77(30-32-96(91,92)93)29-31-95-70-39-67(5)36-68(6,40-70)38-69(37-67,41-70)42-80-44(3)51(33-72-80)49-22-23-55(74-60(49)64(88)89)78-28-26-47-13-12-14-50(52(47)34-78)62(86)76-65-73-53-15-9-10-16-54(53)97-65/h9-10,12-16,18-25,33,43,45,59H,7-8,11,17,26-32,34-42H2,1-6H3,(H2,71,85)(H,75,82)(H,88,89)(H,73,76,86)(H2,91,92,93)/t45-,59-,67?,68?,69?,70?/m0/s1. The first-order valence-electron chi connectivity index (χ1n) is 33.0. The second-order valence-electron chi connectivity index (χ2n) is 28.1. The van der Waals surface area contributed by atoms with Gasteiger partial charge < -0.3 is 45.2 Å². The first-order valence-corrected chi connectivity index (χ1v) is 35.6. The number of carboxylic acid groups (broad SMARTS) is 1. The zero-order valence-electron chi connectivity index (χ0n) is 55.5. The summed E-state index contributed by atoms with van der Waals surface area (Å²) in [6.07, 6.45) is 9.92. The van der Waals surface area contributed by atoms with Crippen LogP contribution in [0.1, 0.15) is 142 Å². The highest BCUT2D eigenvalue weighted by molar-refractivity contribution is 7.51. The molecule has 4 bridgehead atoms. The van der Waals surface area contributed by atoms with Crippen LogP contribution < -0.4 is 26.2 Å². The number of carboxylic acids is 1. The molecule has 2 unspecified atom stereocenters. The Morgan fingerprint density at radius 1 is 0.835 bits per heavy atom. The smallest absolute Gasteiger partial charge is 0.410 e. The number of para-hydroxylation sites is 1. The first-order chi connectivity index (χ1) is 46.0. The van der Waals surface area contributed by atoms with Crippen LogP contribution in [-0.2, 0) is 64.1 Å². The van der Waals surface area contributed by atoms with Gasteiger partial charge in [0.25, 0.3) is 23.6 Å². The molecule has 4 saturated carbocycles. The number of nitrogens with zero attached hydrogens (tertiary/aromatic N) is 8. The number of primary amides is 1. The number of benzene rings is 3. The van der Waals surface area contributed by atoms with Crippen molar-refractivity contribution in [1.29, 1.82) is 0 Å². The molecule has 0 saturated heterocycles. The summed E-state index contributed by atoms with van der Waals surface area (Å²) >= 11 is 1.40. The fourth-order valence-electron chi connectivity index (χ4n) is 16.3. The van der Waals surface area contributed by atoms with Crippen molar-refractivity contribution in [2.75, 3.05) is 54.1 Å². The Morgan fingerprint density at radius 3 is 2.24 bits per heavy atom. The molecule has 4 atom stereocenters. The second kappa shape index (κ2) is 28.0. The molecule has 6 aliphatic rings. The van der Waals surface area contributed by atoms with Crippen molar-refractivity contribution in [3.63, 3.8) is 0 Å². The number of carbonyl (C=O) groups is 8. The lowest BCUT2D eigenvalue weighted by Gasteiger charge is -2.69. The van der Waals surface area contributed by atoms with Crippen LogP contribution in [0.5, 0.6) is 0 Å². The molecule has 27 heteroatoms. The molecule has 3 aromatic heterocycles. The lowest BCUT2D eigenvalue weighted by Crippen LogP contribution is -2.64. The highest BCUT2D eigenvalue weighted by atomic mass is 32.1.